The van der Waals surface area contributed by atoms with E-state index in [1.807, 2.05) is 11.3 Å². The van der Waals surface area contributed by atoms with Crippen molar-refractivity contribution in [3.05, 3.63) is 246 Å². The van der Waals surface area contributed by atoms with E-state index in [2.05, 4.69) is 244 Å². The van der Waals surface area contributed by atoms with Crippen molar-refractivity contribution in [2.24, 2.45) is 0 Å². The molecule has 1 spiro atoms. The van der Waals surface area contributed by atoms with Crippen LogP contribution < -0.4 is 4.90 Å². The first-order chi connectivity index (χ1) is 31.9. The number of nitrogens with zero attached hydrogens (tertiary/aromatic N) is 1. The topological polar surface area (TPSA) is 3.24 Å². The maximum absolute atomic E-state index is 2.52. The predicted molar refractivity (Wildman–Crippen MR) is 277 cm³/mol. The molecule has 0 atom stereocenters. The number of rotatable bonds is 5. The van der Waals surface area contributed by atoms with Crippen LogP contribution in [0.1, 0.15) is 48.6 Å². The van der Waals surface area contributed by atoms with Gasteiger partial charge in [0.1, 0.15) is 0 Å². The van der Waals surface area contributed by atoms with Gasteiger partial charge in [0.2, 0.25) is 0 Å². The van der Waals surface area contributed by atoms with E-state index in [9.17, 15) is 0 Å². The van der Waals surface area contributed by atoms with E-state index in [1.54, 1.807) is 0 Å². The van der Waals surface area contributed by atoms with Crippen LogP contribution in [0.3, 0.4) is 0 Å². The van der Waals surface area contributed by atoms with Gasteiger partial charge >= 0.3 is 0 Å². The van der Waals surface area contributed by atoms with Crippen molar-refractivity contribution in [2.45, 2.75) is 31.6 Å². The lowest BCUT2D eigenvalue weighted by Crippen LogP contribution is -2.25. The summed E-state index contributed by atoms with van der Waals surface area (Å²) < 4.78 is 2.61. The van der Waals surface area contributed by atoms with Gasteiger partial charge < -0.3 is 4.90 Å². The summed E-state index contributed by atoms with van der Waals surface area (Å²) in [6, 6.07) is 82.2. The average Bonchev–Trinajstić information content (AvgIpc) is 3.98. The summed E-state index contributed by atoms with van der Waals surface area (Å²) in [6.07, 6.45) is 0. The summed E-state index contributed by atoms with van der Waals surface area (Å²) in [5, 5.41) is 5.06. The summed E-state index contributed by atoms with van der Waals surface area (Å²) in [5.74, 6) is 0. The normalized spacial score (nSPS) is 13.3. The third-order valence-corrected chi connectivity index (χ3v) is 15.4. The molecular weight excluding hydrogens is 803 g/mol. The van der Waals surface area contributed by atoms with E-state index >= 15 is 0 Å². The summed E-state index contributed by atoms with van der Waals surface area (Å²) >= 11 is 1.88. The average molecular weight is 848 g/mol. The highest BCUT2D eigenvalue weighted by Crippen LogP contribution is 2.63. The Hall–Kier alpha value is -7.52. The van der Waals surface area contributed by atoms with Crippen molar-refractivity contribution in [1.29, 1.82) is 0 Å². The largest absolute Gasteiger partial charge is 0.310 e. The minimum Gasteiger partial charge on any atom is -0.310 e. The molecule has 2 heteroatoms. The van der Waals surface area contributed by atoms with Gasteiger partial charge in [0, 0.05) is 37.1 Å². The van der Waals surface area contributed by atoms with Gasteiger partial charge in [-0.1, -0.05) is 197 Å². The zero-order valence-electron chi connectivity index (χ0n) is 36.6. The zero-order chi connectivity index (χ0) is 43.4. The molecule has 0 saturated heterocycles. The molecule has 0 unspecified atom stereocenters. The highest BCUT2D eigenvalue weighted by Gasteiger charge is 2.51. The molecule has 0 fully saturated rings. The first-order valence-electron chi connectivity index (χ1n) is 22.8. The predicted octanol–water partition coefficient (Wildman–Crippen LogP) is 17.7. The smallest absolute Gasteiger partial charge is 0.0725 e. The Bertz CT molecular complexity index is 3650. The molecule has 0 amide bonds. The van der Waals surface area contributed by atoms with E-state index in [-0.39, 0.29) is 5.41 Å². The Balaban J connectivity index is 1.07. The van der Waals surface area contributed by atoms with E-state index in [0.29, 0.717) is 0 Å². The molecule has 0 saturated carbocycles. The number of fused-ring (bicyclic) bond motifs is 14. The van der Waals surface area contributed by atoms with Crippen LogP contribution in [0.2, 0.25) is 0 Å². The van der Waals surface area contributed by atoms with Crippen molar-refractivity contribution in [2.75, 3.05) is 4.90 Å². The second-order valence-electron chi connectivity index (χ2n) is 18.8. The molecule has 2 aliphatic rings. The fraction of sp³-hybridized carbons (Fsp3) is 0.0794. The maximum Gasteiger partial charge on any atom is 0.0725 e. The Kier molecular flexibility index (Phi) is 8.32. The fourth-order valence-electron chi connectivity index (χ4n) is 11.3. The van der Waals surface area contributed by atoms with Gasteiger partial charge in [0.25, 0.3) is 0 Å². The second-order valence-corrected chi connectivity index (χ2v) is 19.9. The molecule has 1 heterocycles. The SMILES string of the molecule is CC(C)(C)c1ccc(-c2ccc(N(c3ccc4c(c3)-c3ccccc3C43c4ccccc4-c4ccccc43)c3ccc4ccccc4c3-c3cccc4sc5ccccc5c34)cc2)cc1. The van der Waals surface area contributed by atoms with Gasteiger partial charge in [-0.3, -0.25) is 0 Å². The van der Waals surface area contributed by atoms with Gasteiger partial charge in [-0.25, -0.2) is 0 Å². The molecule has 0 aliphatic heterocycles. The molecule has 11 aromatic rings. The van der Waals surface area contributed by atoms with Gasteiger partial charge in [-0.2, -0.15) is 0 Å². The van der Waals surface area contributed by atoms with Crippen LogP contribution in [0.4, 0.5) is 17.1 Å². The van der Waals surface area contributed by atoms with Crippen molar-refractivity contribution < 1.29 is 0 Å². The van der Waals surface area contributed by atoms with Gasteiger partial charge in [0.05, 0.1) is 11.1 Å². The summed E-state index contributed by atoms with van der Waals surface area (Å²) in [6.45, 7) is 6.82. The van der Waals surface area contributed by atoms with E-state index in [0.717, 1.165) is 17.1 Å². The zero-order valence-corrected chi connectivity index (χ0v) is 37.5. The van der Waals surface area contributed by atoms with Crippen molar-refractivity contribution >= 4 is 59.3 Å². The number of anilines is 3. The van der Waals surface area contributed by atoms with Crippen LogP contribution in [-0.2, 0) is 10.8 Å². The third-order valence-electron chi connectivity index (χ3n) is 14.3. The van der Waals surface area contributed by atoms with Crippen LogP contribution >= 0.6 is 11.3 Å². The van der Waals surface area contributed by atoms with E-state index in [4.69, 9.17) is 0 Å². The monoisotopic (exact) mass is 847 g/mol. The molecule has 0 radical (unpaired) electrons. The summed E-state index contributed by atoms with van der Waals surface area (Å²) in [4.78, 5) is 2.52. The second kappa shape index (κ2) is 14.2. The van der Waals surface area contributed by atoms with Gasteiger partial charge in [-0.15, -0.1) is 11.3 Å². The Morgan fingerprint density at radius 1 is 0.400 bits per heavy atom. The molecule has 13 rings (SSSR count). The lowest BCUT2D eigenvalue weighted by atomic mass is 9.70. The number of thiophene rings is 1. The molecule has 0 bridgehead atoms. The first kappa shape index (κ1) is 38.0. The van der Waals surface area contributed by atoms with Crippen LogP contribution in [0.25, 0.3) is 75.5 Å². The molecule has 2 aliphatic carbocycles. The molecule has 0 N–H and O–H groups in total. The lowest BCUT2D eigenvalue weighted by molar-refractivity contribution is 0.590. The van der Waals surface area contributed by atoms with Crippen molar-refractivity contribution in [3.8, 4) is 44.5 Å². The number of hydrogen-bond donors (Lipinski definition) is 0. The van der Waals surface area contributed by atoms with E-state index in [1.165, 1.54) is 103 Å². The fourth-order valence-corrected chi connectivity index (χ4v) is 12.5. The molecular formula is C63H45NS. The highest BCUT2D eigenvalue weighted by atomic mass is 32.1. The summed E-state index contributed by atoms with van der Waals surface area (Å²) in [7, 11) is 0. The van der Waals surface area contributed by atoms with Crippen LogP contribution in [0.5, 0.6) is 0 Å². The van der Waals surface area contributed by atoms with E-state index < -0.39 is 5.41 Å². The van der Waals surface area contributed by atoms with Crippen molar-refractivity contribution in [1.82, 2.24) is 0 Å². The first-order valence-corrected chi connectivity index (χ1v) is 23.6. The molecule has 10 aromatic carbocycles. The molecule has 1 nitrogen and oxygen atoms in total. The minimum atomic E-state index is -0.406. The highest BCUT2D eigenvalue weighted by molar-refractivity contribution is 7.26. The van der Waals surface area contributed by atoms with Crippen molar-refractivity contribution in [3.63, 3.8) is 0 Å². The molecule has 1 aromatic heterocycles. The van der Waals surface area contributed by atoms with Crippen LogP contribution in [0, 0.1) is 0 Å². The van der Waals surface area contributed by atoms with Crippen LogP contribution in [0.15, 0.2) is 218 Å². The Morgan fingerprint density at radius 2 is 0.923 bits per heavy atom. The molecule has 65 heavy (non-hydrogen) atoms. The lowest BCUT2D eigenvalue weighted by Gasteiger charge is -2.32. The summed E-state index contributed by atoms with van der Waals surface area (Å²) in [5.41, 5.74) is 19.9. The van der Waals surface area contributed by atoms with Crippen LogP contribution in [-0.4, -0.2) is 0 Å². The quantitative estimate of drug-likeness (QED) is 0.167. The number of hydrogen-bond acceptors (Lipinski definition) is 2. The van der Waals surface area contributed by atoms with Gasteiger partial charge in [0.15, 0.2) is 0 Å². The van der Waals surface area contributed by atoms with Gasteiger partial charge in [-0.05, 0) is 125 Å². The third kappa shape index (κ3) is 5.57. The maximum atomic E-state index is 2.52. The molecule has 308 valence electrons. The number of benzene rings is 10. The minimum absolute atomic E-state index is 0.0979. The Morgan fingerprint density at radius 3 is 1.60 bits per heavy atom. The standard InChI is InChI=1S/C63H45NS/c1-62(2,3)43-32-27-40(28-33-43)41-29-34-44(35-30-41)64(57-38-31-42-15-4-5-16-46(42)60(57)51-21-14-26-59-61(51)50-20-9-13-25-58(50)65-59)45-36-37-56-52(39-45)49-19-8-12-24-55(49)63(56)53-22-10-6-17-47(53)48-18-7-11-23-54(48)63/h4-39H,1-3H3. The Labute approximate surface area is 384 Å².